The molecule has 3 rings (SSSR count). The van der Waals surface area contributed by atoms with E-state index in [1.807, 2.05) is 13.1 Å². The minimum atomic E-state index is -0.172. The number of nitrogens with one attached hydrogen (secondary N) is 1. The topological polar surface area (TPSA) is 89.9 Å². The maximum atomic E-state index is 5.67. The lowest BCUT2D eigenvalue weighted by Crippen LogP contribution is -2.44. The molecule has 1 aliphatic rings. The Morgan fingerprint density at radius 3 is 2.80 bits per heavy atom. The molecular weight excluding hydrogens is 274 g/mol. The van der Waals surface area contributed by atoms with E-state index in [0.717, 1.165) is 30.1 Å². The minimum absolute atomic E-state index is 0.172. The Morgan fingerprint density at radius 1 is 1.40 bits per heavy atom. The molecule has 7 heteroatoms. The van der Waals surface area contributed by atoms with Gasteiger partial charge < -0.3 is 10.3 Å². The molecule has 2 heterocycles. The van der Waals surface area contributed by atoms with E-state index < -0.39 is 0 Å². The van der Waals surface area contributed by atoms with Gasteiger partial charge in [0, 0.05) is 24.5 Å². The number of nitrogen functional groups attached to an aromatic ring is 1. The third-order valence-corrected chi connectivity index (χ3v) is 4.66. The highest BCUT2D eigenvalue weighted by molar-refractivity contribution is 7.15. The van der Waals surface area contributed by atoms with Crippen LogP contribution in [-0.4, -0.2) is 15.1 Å². The standard InChI is InChI=1S/C13H19N5OS/c1-9-17-11(18-19-9)13(5-3-2-4-6-13)16-8-10-7-15-12(14)20-10/h7,16H,2-6,8H2,1H3,(H2,14,15). The van der Waals surface area contributed by atoms with Crippen LogP contribution in [0.3, 0.4) is 0 Å². The lowest BCUT2D eigenvalue weighted by atomic mass is 9.81. The molecule has 1 fully saturated rings. The van der Waals surface area contributed by atoms with Crippen LogP contribution in [0.2, 0.25) is 0 Å². The minimum Gasteiger partial charge on any atom is -0.375 e. The lowest BCUT2D eigenvalue weighted by molar-refractivity contribution is 0.211. The van der Waals surface area contributed by atoms with Crippen LogP contribution >= 0.6 is 11.3 Å². The Balaban J connectivity index is 1.79. The van der Waals surface area contributed by atoms with Gasteiger partial charge in [-0.15, -0.1) is 11.3 Å². The molecule has 0 bridgehead atoms. The average molecular weight is 293 g/mol. The van der Waals surface area contributed by atoms with Crippen molar-refractivity contribution in [3.05, 3.63) is 22.8 Å². The Bertz CT molecular complexity index is 573. The summed E-state index contributed by atoms with van der Waals surface area (Å²) in [7, 11) is 0. The smallest absolute Gasteiger partial charge is 0.223 e. The van der Waals surface area contributed by atoms with E-state index in [1.165, 1.54) is 30.6 Å². The fraction of sp³-hybridized carbons (Fsp3) is 0.615. The van der Waals surface area contributed by atoms with Gasteiger partial charge in [0.25, 0.3) is 0 Å². The fourth-order valence-corrected chi connectivity index (χ4v) is 3.41. The summed E-state index contributed by atoms with van der Waals surface area (Å²) in [5.41, 5.74) is 5.50. The largest absolute Gasteiger partial charge is 0.375 e. The monoisotopic (exact) mass is 293 g/mol. The first-order valence-electron chi connectivity index (χ1n) is 6.94. The number of rotatable bonds is 4. The lowest BCUT2D eigenvalue weighted by Gasteiger charge is -2.35. The quantitative estimate of drug-likeness (QED) is 0.899. The molecule has 0 atom stereocenters. The van der Waals surface area contributed by atoms with Gasteiger partial charge >= 0.3 is 0 Å². The third-order valence-electron chi connectivity index (χ3n) is 3.84. The second kappa shape index (κ2) is 5.49. The van der Waals surface area contributed by atoms with Crippen molar-refractivity contribution in [1.82, 2.24) is 20.4 Å². The van der Waals surface area contributed by atoms with E-state index in [9.17, 15) is 0 Å². The Kier molecular flexibility index (Phi) is 3.71. The van der Waals surface area contributed by atoms with Crippen molar-refractivity contribution in [2.75, 3.05) is 5.73 Å². The van der Waals surface area contributed by atoms with Gasteiger partial charge in [-0.2, -0.15) is 4.98 Å². The number of aromatic nitrogens is 3. The predicted molar refractivity (Wildman–Crippen MR) is 77.2 cm³/mol. The summed E-state index contributed by atoms with van der Waals surface area (Å²) in [5, 5.41) is 8.37. The van der Waals surface area contributed by atoms with Gasteiger partial charge in [-0.3, -0.25) is 5.32 Å². The van der Waals surface area contributed by atoms with Crippen molar-refractivity contribution in [3.8, 4) is 0 Å². The molecule has 2 aromatic rings. The molecule has 0 aliphatic heterocycles. The van der Waals surface area contributed by atoms with Crippen LogP contribution in [0.25, 0.3) is 0 Å². The van der Waals surface area contributed by atoms with Crippen molar-refractivity contribution in [2.45, 2.75) is 51.1 Å². The summed E-state index contributed by atoms with van der Waals surface area (Å²) in [4.78, 5) is 9.67. The molecule has 3 N–H and O–H groups in total. The number of nitrogens with zero attached hydrogens (tertiary/aromatic N) is 3. The molecule has 1 saturated carbocycles. The molecule has 6 nitrogen and oxygen atoms in total. The first kappa shape index (κ1) is 13.5. The van der Waals surface area contributed by atoms with E-state index in [1.54, 1.807) is 0 Å². The van der Waals surface area contributed by atoms with Crippen LogP contribution in [0.1, 0.15) is 48.7 Å². The second-order valence-electron chi connectivity index (χ2n) is 5.30. The number of hydrogen-bond acceptors (Lipinski definition) is 7. The number of aryl methyl sites for hydroxylation is 1. The molecule has 108 valence electrons. The van der Waals surface area contributed by atoms with Crippen LogP contribution in [0.4, 0.5) is 5.13 Å². The summed E-state index contributed by atoms with van der Waals surface area (Å²) >= 11 is 1.52. The van der Waals surface area contributed by atoms with Gasteiger partial charge in [0.15, 0.2) is 11.0 Å². The highest BCUT2D eigenvalue weighted by Crippen LogP contribution is 2.36. The summed E-state index contributed by atoms with van der Waals surface area (Å²) in [6, 6.07) is 0. The van der Waals surface area contributed by atoms with Crippen molar-refractivity contribution < 1.29 is 4.52 Å². The Hall–Kier alpha value is -1.47. The van der Waals surface area contributed by atoms with Crippen LogP contribution in [0, 0.1) is 6.92 Å². The summed E-state index contributed by atoms with van der Waals surface area (Å²) in [6.45, 7) is 2.57. The van der Waals surface area contributed by atoms with Gasteiger partial charge in [-0.25, -0.2) is 4.98 Å². The fourth-order valence-electron chi connectivity index (χ4n) is 2.79. The summed E-state index contributed by atoms with van der Waals surface area (Å²) in [5.74, 6) is 1.40. The molecule has 0 unspecified atom stereocenters. The number of nitrogens with two attached hydrogens (primary N) is 1. The zero-order valence-electron chi connectivity index (χ0n) is 11.6. The van der Waals surface area contributed by atoms with Gasteiger partial charge in [-0.05, 0) is 12.8 Å². The van der Waals surface area contributed by atoms with Gasteiger partial charge in [0.1, 0.15) is 0 Å². The van der Waals surface area contributed by atoms with Gasteiger partial charge in [0.2, 0.25) is 5.89 Å². The molecule has 20 heavy (non-hydrogen) atoms. The van der Waals surface area contributed by atoms with Crippen LogP contribution < -0.4 is 11.1 Å². The van der Waals surface area contributed by atoms with E-state index in [4.69, 9.17) is 10.3 Å². The average Bonchev–Trinajstić information content (AvgIpc) is 3.07. The highest BCUT2D eigenvalue weighted by Gasteiger charge is 2.37. The summed E-state index contributed by atoms with van der Waals surface area (Å²) in [6.07, 6.45) is 7.55. The molecule has 0 saturated heterocycles. The van der Waals surface area contributed by atoms with Crippen LogP contribution in [-0.2, 0) is 12.1 Å². The Labute approximate surface area is 121 Å². The zero-order valence-corrected chi connectivity index (χ0v) is 12.4. The SMILES string of the molecule is Cc1nc(C2(NCc3cnc(N)s3)CCCCC2)no1. The molecular formula is C13H19N5OS. The second-order valence-corrected chi connectivity index (χ2v) is 6.44. The molecule has 2 aromatic heterocycles. The predicted octanol–water partition coefficient (Wildman–Crippen LogP) is 2.37. The Morgan fingerprint density at radius 2 is 2.20 bits per heavy atom. The number of hydrogen-bond donors (Lipinski definition) is 2. The maximum absolute atomic E-state index is 5.67. The number of anilines is 1. The normalized spacial score (nSPS) is 18.2. The summed E-state index contributed by atoms with van der Waals surface area (Å²) < 4.78 is 5.17. The first-order valence-corrected chi connectivity index (χ1v) is 7.76. The van der Waals surface area contributed by atoms with Crippen molar-refractivity contribution in [2.24, 2.45) is 0 Å². The molecule has 0 spiro atoms. The van der Waals surface area contributed by atoms with Crippen LogP contribution in [0.15, 0.2) is 10.7 Å². The van der Waals surface area contributed by atoms with Gasteiger partial charge in [-0.1, -0.05) is 24.4 Å². The third kappa shape index (κ3) is 2.69. The molecule has 1 aliphatic carbocycles. The van der Waals surface area contributed by atoms with Crippen molar-refractivity contribution in [3.63, 3.8) is 0 Å². The van der Waals surface area contributed by atoms with Crippen molar-refractivity contribution in [1.29, 1.82) is 0 Å². The zero-order chi connectivity index (χ0) is 14.0. The molecule has 0 aromatic carbocycles. The van der Waals surface area contributed by atoms with E-state index in [-0.39, 0.29) is 5.54 Å². The highest BCUT2D eigenvalue weighted by atomic mass is 32.1. The maximum Gasteiger partial charge on any atom is 0.223 e. The number of thiazole rings is 1. The van der Waals surface area contributed by atoms with Crippen molar-refractivity contribution >= 4 is 16.5 Å². The van der Waals surface area contributed by atoms with Gasteiger partial charge in [0.05, 0.1) is 5.54 Å². The molecule has 0 radical (unpaired) electrons. The van der Waals surface area contributed by atoms with E-state index in [2.05, 4.69) is 20.4 Å². The van der Waals surface area contributed by atoms with E-state index >= 15 is 0 Å². The molecule has 0 amide bonds. The first-order chi connectivity index (χ1) is 9.68. The van der Waals surface area contributed by atoms with E-state index in [0.29, 0.717) is 11.0 Å². The van der Waals surface area contributed by atoms with Crippen LogP contribution in [0.5, 0.6) is 0 Å².